The van der Waals surface area contributed by atoms with E-state index in [-0.39, 0.29) is 11.0 Å². The lowest BCUT2D eigenvalue weighted by Gasteiger charge is -2.24. The van der Waals surface area contributed by atoms with E-state index in [9.17, 15) is 17.6 Å². The summed E-state index contributed by atoms with van der Waals surface area (Å²) in [4.78, 5) is 5.96. The monoisotopic (exact) mass is 247 g/mol. The van der Waals surface area contributed by atoms with E-state index in [1.54, 1.807) is 0 Å². The van der Waals surface area contributed by atoms with Crippen LogP contribution in [0.4, 0.5) is 17.6 Å². The molecule has 3 nitrogen and oxygen atoms in total. The molecule has 0 saturated heterocycles. The van der Waals surface area contributed by atoms with Crippen molar-refractivity contribution in [3.63, 3.8) is 0 Å². The van der Waals surface area contributed by atoms with Crippen molar-refractivity contribution in [2.24, 2.45) is 5.73 Å². The maximum absolute atomic E-state index is 13.3. The first-order valence-corrected chi connectivity index (χ1v) is 4.74. The van der Waals surface area contributed by atoms with Gasteiger partial charge in [-0.15, -0.1) is 0 Å². The quantitative estimate of drug-likeness (QED) is 0.760. The molecular weight excluding hydrogens is 238 g/mol. The topological polar surface area (TPSA) is 54.7 Å². The van der Waals surface area contributed by atoms with Crippen LogP contribution in [0, 0.1) is 5.82 Å². The number of nitrogens with one attached hydrogen (secondary N) is 1. The Balaban J connectivity index is 2.62. The van der Waals surface area contributed by atoms with E-state index < -0.39 is 23.4 Å². The Bertz CT molecular complexity index is 556. The molecule has 1 unspecified atom stereocenters. The molecule has 0 radical (unpaired) electrons. The van der Waals surface area contributed by atoms with Gasteiger partial charge in [0.05, 0.1) is 5.52 Å². The van der Waals surface area contributed by atoms with Crippen molar-refractivity contribution in [3.8, 4) is 0 Å². The van der Waals surface area contributed by atoms with Gasteiger partial charge in [0.2, 0.25) is 0 Å². The molecule has 2 rings (SSSR count). The van der Waals surface area contributed by atoms with Crippen molar-refractivity contribution in [1.82, 2.24) is 9.97 Å². The van der Waals surface area contributed by atoms with Crippen LogP contribution in [0.3, 0.4) is 0 Å². The van der Waals surface area contributed by atoms with E-state index >= 15 is 0 Å². The summed E-state index contributed by atoms with van der Waals surface area (Å²) in [6.45, 7) is 0.780. The van der Waals surface area contributed by atoms with E-state index in [1.165, 1.54) is 12.1 Å². The third-order valence-corrected chi connectivity index (χ3v) is 2.54. The standard InChI is InChI=1S/C10H9F4N3/c1-9(15,10(12,13)14)8-16-6-4-2-3-5(11)7(6)17-8/h2-4H,15H2,1H3,(H,16,17). The SMILES string of the molecule is CC(N)(c1nc2c(F)cccc2[nH]1)C(F)(F)F. The zero-order valence-electron chi connectivity index (χ0n) is 8.77. The van der Waals surface area contributed by atoms with Crippen LogP contribution in [-0.2, 0) is 5.54 Å². The van der Waals surface area contributed by atoms with E-state index in [1.807, 2.05) is 0 Å². The molecule has 0 fully saturated rings. The van der Waals surface area contributed by atoms with Gasteiger partial charge in [0, 0.05) is 0 Å². The van der Waals surface area contributed by atoms with Crippen molar-refractivity contribution in [3.05, 3.63) is 29.8 Å². The summed E-state index contributed by atoms with van der Waals surface area (Å²) in [6, 6.07) is 3.93. The Morgan fingerprint density at radius 3 is 2.47 bits per heavy atom. The Hall–Kier alpha value is -1.63. The fourth-order valence-electron chi connectivity index (χ4n) is 1.38. The van der Waals surface area contributed by atoms with Crippen LogP contribution in [0.2, 0.25) is 0 Å². The van der Waals surface area contributed by atoms with Crippen LogP contribution >= 0.6 is 0 Å². The minimum Gasteiger partial charge on any atom is -0.340 e. The molecule has 1 atom stereocenters. The average Bonchev–Trinajstić information content (AvgIpc) is 2.61. The van der Waals surface area contributed by atoms with Crippen molar-refractivity contribution in [2.45, 2.75) is 18.6 Å². The highest BCUT2D eigenvalue weighted by Gasteiger charge is 2.51. The van der Waals surface area contributed by atoms with Gasteiger partial charge in [0.15, 0.2) is 11.4 Å². The van der Waals surface area contributed by atoms with Gasteiger partial charge in [-0.05, 0) is 19.1 Å². The molecule has 0 aliphatic rings. The molecule has 1 aromatic carbocycles. The van der Waals surface area contributed by atoms with Crippen LogP contribution in [0.1, 0.15) is 12.7 Å². The number of benzene rings is 1. The van der Waals surface area contributed by atoms with Crippen LogP contribution in [0.5, 0.6) is 0 Å². The first kappa shape index (κ1) is 11.8. The molecule has 0 bridgehead atoms. The third-order valence-electron chi connectivity index (χ3n) is 2.54. The summed E-state index contributed by atoms with van der Waals surface area (Å²) >= 11 is 0. The molecule has 0 aliphatic carbocycles. The number of nitrogens with two attached hydrogens (primary N) is 1. The minimum absolute atomic E-state index is 0.150. The number of nitrogens with zero attached hydrogens (tertiary/aromatic N) is 1. The number of aromatic nitrogens is 2. The van der Waals surface area contributed by atoms with Gasteiger partial charge in [-0.1, -0.05) is 6.07 Å². The maximum atomic E-state index is 13.3. The third kappa shape index (κ3) is 1.76. The molecule has 1 heterocycles. The lowest BCUT2D eigenvalue weighted by Crippen LogP contribution is -2.48. The summed E-state index contributed by atoms with van der Waals surface area (Å²) < 4.78 is 51.3. The summed E-state index contributed by atoms with van der Waals surface area (Å²) in [7, 11) is 0. The second-order valence-corrected chi connectivity index (χ2v) is 3.92. The lowest BCUT2D eigenvalue weighted by atomic mass is 10.0. The fraction of sp³-hybridized carbons (Fsp3) is 0.300. The van der Waals surface area contributed by atoms with Gasteiger partial charge in [-0.2, -0.15) is 13.2 Å². The molecule has 1 aromatic heterocycles. The summed E-state index contributed by atoms with van der Waals surface area (Å²) in [5, 5.41) is 0. The fourth-order valence-corrected chi connectivity index (χ4v) is 1.38. The van der Waals surface area contributed by atoms with Crippen molar-refractivity contribution >= 4 is 11.0 Å². The molecular formula is C10H9F4N3. The Morgan fingerprint density at radius 2 is 1.94 bits per heavy atom. The normalized spacial score (nSPS) is 16.1. The van der Waals surface area contributed by atoms with E-state index in [0.29, 0.717) is 0 Å². The van der Waals surface area contributed by atoms with Gasteiger partial charge >= 0.3 is 6.18 Å². The predicted molar refractivity (Wildman–Crippen MR) is 53.6 cm³/mol. The van der Waals surface area contributed by atoms with Crippen LogP contribution in [0.15, 0.2) is 18.2 Å². The smallest absolute Gasteiger partial charge is 0.340 e. The van der Waals surface area contributed by atoms with E-state index in [0.717, 1.165) is 13.0 Å². The summed E-state index contributed by atoms with van der Waals surface area (Å²) in [6.07, 6.45) is -4.67. The first-order valence-electron chi connectivity index (χ1n) is 4.74. The van der Waals surface area contributed by atoms with Crippen molar-refractivity contribution < 1.29 is 17.6 Å². The molecule has 0 spiro atoms. The highest BCUT2D eigenvalue weighted by Crippen LogP contribution is 2.35. The van der Waals surface area contributed by atoms with Crippen molar-refractivity contribution in [1.29, 1.82) is 0 Å². The number of H-pyrrole nitrogens is 1. The van der Waals surface area contributed by atoms with Gasteiger partial charge < -0.3 is 10.7 Å². The first-order chi connectivity index (χ1) is 7.73. The molecule has 92 valence electrons. The average molecular weight is 247 g/mol. The number of hydrogen-bond acceptors (Lipinski definition) is 2. The zero-order valence-corrected chi connectivity index (χ0v) is 8.77. The second-order valence-electron chi connectivity index (χ2n) is 3.92. The summed E-state index contributed by atoms with van der Waals surface area (Å²) in [5.41, 5.74) is 2.58. The number of aromatic amines is 1. The molecule has 0 aliphatic heterocycles. The molecule has 7 heteroatoms. The van der Waals surface area contributed by atoms with Crippen LogP contribution < -0.4 is 5.73 Å². The van der Waals surface area contributed by atoms with E-state index in [2.05, 4.69) is 9.97 Å². The molecule has 3 N–H and O–H groups in total. The van der Waals surface area contributed by atoms with Gasteiger partial charge in [0.25, 0.3) is 0 Å². The van der Waals surface area contributed by atoms with Crippen molar-refractivity contribution in [2.75, 3.05) is 0 Å². The lowest BCUT2D eigenvalue weighted by molar-refractivity contribution is -0.186. The number of rotatable bonds is 1. The maximum Gasteiger partial charge on any atom is 0.413 e. The predicted octanol–water partition coefficient (Wildman–Crippen LogP) is 2.44. The Labute approximate surface area is 93.6 Å². The van der Waals surface area contributed by atoms with Crippen LogP contribution in [0.25, 0.3) is 11.0 Å². The minimum atomic E-state index is -4.67. The number of para-hydroxylation sites is 1. The molecule has 0 amide bonds. The number of alkyl halides is 3. The molecule has 2 aromatic rings. The zero-order chi connectivity index (χ0) is 12.8. The number of hydrogen-bond donors (Lipinski definition) is 2. The van der Waals surface area contributed by atoms with Gasteiger partial charge in [0.1, 0.15) is 11.3 Å². The van der Waals surface area contributed by atoms with E-state index in [4.69, 9.17) is 5.73 Å². The largest absolute Gasteiger partial charge is 0.413 e. The Morgan fingerprint density at radius 1 is 1.29 bits per heavy atom. The van der Waals surface area contributed by atoms with Crippen LogP contribution in [-0.4, -0.2) is 16.1 Å². The number of halogens is 4. The second kappa shape index (κ2) is 3.43. The van der Waals surface area contributed by atoms with Gasteiger partial charge in [-0.25, -0.2) is 9.37 Å². The van der Waals surface area contributed by atoms with Gasteiger partial charge in [-0.3, -0.25) is 0 Å². The highest BCUT2D eigenvalue weighted by molar-refractivity contribution is 5.75. The number of fused-ring (bicyclic) bond motifs is 1. The summed E-state index contributed by atoms with van der Waals surface area (Å²) in [5.74, 6) is -1.20. The number of imidazole rings is 1. The molecule has 0 saturated carbocycles. The highest BCUT2D eigenvalue weighted by atomic mass is 19.4. The molecule has 17 heavy (non-hydrogen) atoms. The Kier molecular flexibility index (Phi) is 2.39.